The van der Waals surface area contributed by atoms with Crippen LogP contribution in [-0.2, 0) is 4.79 Å². The number of hydrogen-bond donors (Lipinski definition) is 2. The van der Waals surface area contributed by atoms with Crippen LogP contribution in [0.5, 0.6) is 0 Å². The Balaban J connectivity index is 2.13. The summed E-state index contributed by atoms with van der Waals surface area (Å²) in [4.78, 5) is 26.2. The average molecular weight is 388 g/mol. The summed E-state index contributed by atoms with van der Waals surface area (Å²) in [5, 5.41) is 5.99. The van der Waals surface area contributed by atoms with E-state index in [0.717, 1.165) is 31.6 Å². The van der Waals surface area contributed by atoms with Crippen LogP contribution in [-0.4, -0.2) is 24.9 Å². The van der Waals surface area contributed by atoms with Crippen LogP contribution >= 0.6 is 11.6 Å². The lowest BCUT2D eigenvalue weighted by Crippen LogP contribution is -2.23. The van der Waals surface area contributed by atoms with E-state index in [4.69, 9.17) is 11.6 Å². The SMILES string of the molecule is CCCCN(CC)c1ccc(C(=O)Nc2ccc(Cl)cc2NC(C)=O)cc1. The Morgan fingerprint density at radius 1 is 1.00 bits per heavy atom. The van der Waals surface area contributed by atoms with Gasteiger partial charge in [0.15, 0.2) is 0 Å². The van der Waals surface area contributed by atoms with Crippen LogP contribution in [0.25, 0.3) is 0 Å². The zero-order valence-electron chi connectivity index (χ0n) is 16.0. The Hall–Kier alpha value is -2.53. The maximum atomic E-state index is 12.6. The van der Waals surface area contributed by atoms with E-state index in [-0.39, 0.29) is 11.8 Å². The molecule has 27 heavy (non-hydrogen) atoms. The Labute approximate surface area is 165 Å². The van der Waals surface area contributed by atoms with Gasteiger partial charge in [-0.15, -0.1) is 0 Å². The predicted octanol–water partition coefficient (Wildman–Crippen LogP) is 5.18. The molecule has 0 atom stereocenters. The fourth-order valence-corrected chi connectivity index (χ4v) is 2.93. The molecule has 0 aromatic heterocycles. The number of carbonyl (C=O) groups is 2. The van der Waals surface area contributed by atoms with Gasteiger partial charge >= 0.3 is 0 Å². The summed E-state index contributed by atoms with van der Waals surface area (Å²) in [5.41, 5.74) is 2.63. The van der Waals surface area contributed by atoms with Gasteiger partial charge in [-0.05, 0) is 55.8 Å². The molecule has 5 nitrogen and oxygen atoms in total. The standard InChI is InChI=1S/C21H26ClN3O2/c1-4-6-13-25(5-2)18-10-7-16(8-11-18)21(27)24-19-12-9-17(22)14-20(19)23-15(3)26/h7-12,14H,4-6,13H2,1-3H3,(H,23,26)(H,24,27). The highest BCUT2D eigenvalue weighted by molar-refractivity contribution is 6.31. The van der Waals surface area contributed by atoms with Crippen molar-refractivity contribution in [2.24, 2.45) is 0 Å². The highest BCUT2D eigenvalue weighted by atomic mass is 35.5. The molecule has 2 N–H and O–H groups in total. The number of halogens is 1. The second-order valence-electron chi connectivity index (χ2n) is 6.31. The molecule has 0 spiro atoms. The summed E-state index contributed by atoms with van der Waals surface area (Å²) in [6, 6.07) is 12.5. The van der Waals surface area contributed by atoms with Gasteiger partial charge in [-0.1, -0.05) is 24.9 Å². The monoisotopic (exact) mass is 387 g/mol. The number of benzene rings is 2. The number of unbranched alkanes of at least 4 members (excludes halogenated alkanes) is 1. The van der Waals surface area contributed by atoms with Gasteiger partial charge in [-0.3, -0.25) is 9.59 Å². The third-order valence-electron chi connectivity index (χ3n) is 4.20. The maximum absolute atomic E-state index is 12.6. The molecule has 144 valence electrons. The van der Waals surface area contributed by atoms with E-state index in [0.29, 0.717) is 22.0 Å². The molecule has 0 saturated heterocycles. The first kappa shape index (κ1) is 20.8. The predicted molar refractivity (Wildman–Crippen MR) is 113 cm³/mol. The molecule has 0 saturated carbocycles. The first-order chi connectivity index (χ1) is 12.9. The fourth-order valence-electron chi connectivity index (χ4n) is 2.76. The molecule has 2 amide bonds. The molecule has 0 heterocycles. The second kappa shape index (κ2) is 9.97. The highest BCUT2D eigenvalue weighted by Crippen LogP contribution is 2.26. The molecule has 2 rings (SSSR count). The largest absolute Gasteiger partial charge is 0.372 e. The van der Waals surface area contributed by atoms with Crippen molar-refractivity contribution in [1.82, 2.24) is 0 Å². The van der Waals surface area contributed by atoms with Crippen molar-refractivity contribution >= 4 is 40.5 Å². The zero-order chi connectivity index (χ0) is 19.8. The molecule has 0 aliphatic rings. The van der Waals surface area contributed by atoms with E-state index in [2.05, 4.69) is 29.4 Å². The molecule has 6 heteroatoms. The summed E-state index contributed by atoms with van der Waals surface area (Å²) in [5.74, 6) is -0.476. The van der Waals surface area contributed by atoms with Gasteiger partial charge in [-0.25, -0.2) is 0 Å². The number of nitrogens with one attached hydrogen (secondary N) is 2. The number of nitrogens with zero attached hydrogens (tertiary/aromatic N) is 1. The minimum absolute atomic E-state index is 0.233. The number of anilines is 3. The van der Waals surface area contributed by atoms with Crippen molar-refractivity contribution in [3.05, 3.63) is 53.1 Å². The molecule has 0 aliphatic carbocycles. The van der Waals surface area contributed by atoms with Crippen LogP contribution in [0.15, 0.2) is 42.5 Å². The fraction of sp³-hybridized carbons (Fsp3) is 0.333. The normalized spacial score (nSPS) is 10.4. The lowest BCUT2D eigenvalue weighted by molar-refractivity contribution is -0.114. The number of rotatable bonds is 8. The molecular formula is C21H26ClN3O2. The van der Waals surface area contributed by atoms with Gasteiger partial charge in [-0.2, -0.15) is 0 Å². The quantitative estimate of drug-likeness (QED) is 0.656. The van der Waals surface area contributed by atoms with Crippen molar-refractivity contribution in [3.8, 4) is 0 Å². The van der Waals surface area contributed by atoms with Crippen LogP contribution in [0.1, 0.15) is 44.0 Å². The van der Waals surface area contributed by atoms with E-state index in [1.54, 1.807) is 18.2 Å². The zero-order valence-corrected chi connectivity index (χ0v) is 16.8. The first-order valence-corrected chi connectivity index (χ1v) is 9.55. The number of hydrogen-bond acceptors (Lipinski definition) is 3. The van der Waals surface area contributed by atoms with Gasteiger partial charge < -0.3 is 15.5 Å². The van der Waals surface area contributed by atoms with Crippen LogP contribution in [0.2, 0.25) is 5.02 Å². The van der Waals surface area contributed by atoms with Gasteiger partial charge in [0.1, 0.15) is 0 Å². The highest BCUT2D eigenvalue weighted by Gasteiger charge is 2.12. The summed E-state index contributed by atoms with van der Waals surface area (Å²) >= 11 is 5.98. The molecular weight excluding hydrogens is 362 g/mol. The summed E-state index contributed by atoms with van der Waals surface area (Å²) in [6.45, 7) is 7.64. The van der Waals surface area contributed by atoms with E-state index in [9.17, 15) is 9.59 Å². The Morgan fingerprint density at radius 2 is 1.70 bits per heavy atom. The van der Waals surface area contributed by atoms with Crippen LogP contribution in [0.4, 0.5) is 17.1 Å². The lowest BCUT2D eigenvalue weighted by atomic mass is 10.1. The van der Waals surface area contributed by atoms with Crippen molar-refractivity contribution in [1.29, 1.82) is 0 Å². The van der Waals surface area contributed by atoms with Crippen LogP contribution in [0, 0.1) is 0 Å². The van der Waals surface area contributed by atoms with E-state index >= 15 is 0 Å². The maximum Gasteiger partial charge on any atom is 0.255 e. The van der Waals surface area contributed by atoms with Crippen molar-refractivity contribution < 1.29 is 9.59 Å². The van der Waals surface area contributed by atoms with Gasteiger partial charge in [0.25, 0.3) is 5.91 Å². The molecule has 2 aromatic carbocycles. The van der Waals surface area contributed by atoms with E-state index in [1.165, 1.54) is 6.92 Å². The molecule has 0 aliphatic heterocycles. The third kappa shape index (κ3) is 6.00. The smallest absolute Gasteiger partial charge is 0.255 e. The van der Waals surface area contributed by atoms with E-state index in [1.807, 2.05) is 24.3 Å². The molecule has 2 aromatic rings. The van der Waals surface area contributed by atoms with Gasteiger partial charge in [0.05, 0.1) is 11.4 Å². The minimum Gasteiger partial charge on any atom is -0.372 e. The molecule has 0 unspecified atom stereocenters. The van der Waals surface area contributed by atoms with E-state index < -0.39 is 0 Å². The molecule has 0 radical (unpaired) electrons. The molecule has 0 bridgehead atoms. The number of amides is 2. The Morgan fingerprint density at radius 3 is 2.30 bits per heavy atom. The van der Waals surface area contributed by atoms with Crippen LogP contribution in [0.3, 0.4) is 0 Å². The second-order valence-corrected chi connectivity index (χ2v) is 6.74. The topological polar surface area (TPSA) is 61.4 Å². The Bertz CT molecular complexity index is 791. The van der Waals surface area contributed by atoms with Gasteiger partial charge in [0.2, 0.25) is 5.91 Å². The summed E-state index contributed by atoms with van der Waals surface area (Å²) in [6.07, 6.45) is 2.29. The first-order valence-electron chi connectivity index (χ1n) is 9.18. The van der Waals surface area contributed by atoms with Crippen molar-refractivity contribution in [2.45, 2.75) is 33.6 Å². The number of carbonyl (C=O) groups excluding carboxylic acids is 2. The minimum atomic E-state index is -0.243. The average Bonchev–Trinajstić information content (AvgIpc) is 2.64. The van der Waals surface area contributed by atoms with Gasteiger partial charge in [0, 0.05) is 36.3 Å². The molecule has 0 fully saturated rings. The summed E-state index contributed by atoms with van der Waals surface area (Å²) in [7, 11) is 0. The third-order valence-corrected chi connectivity index (χ3v) is 4.43. The van der Waals surface area contributed by atoms with Crippen LogP contribution < -0.4 is 15.5 Å². The van der Waals surface area contributed by atoms with Crippen molar-refractivity contribution in [2.75, 3.05) is 28.6 Å². The van der Waals surface area contributed by atoms with Crippen molar-refractivity contribution in [3.63, 3.8) is 0 Å². The lowest BCUT2D eigenvalue weighted by Gasteiger charge is -2.23. The Kier molecular flexibility index (Phi) is 7.67. The summed E-state index contributed by atoms with van der Waals surface area (Å²) < 4.78 is 0.